The topological polar surface area (TPSA) is 60.5 Å². The van der Waals surface area contributed by atoms with Gasteiger partial charge in [-0.05, 0) is 42.7 Å². The Morgan fingerprint density at radius 2 is 2.00 bits per heavy atom. The monoisotopic (exact) mass is 349 g/mol. The van der Waals surface area contributed by atoms with Crippen molar-refractivity contribution in [3.8, 4) is 6.07 Å². The maximum Gasteiger partial charge on any atom is 0.226 e. The molecule has 4 rings (SSSR count). The van der Waals surface area contributed by atoms with E-state index in [9.17, 15) is 4.79 Å². The van der Waals surface area contributed by atoms with Crippen molar-refractivity contribution >= 4 is 5.91 Å². The molecule has 1 aliphatic carbocycles. The van der Waals surface area contributed by atoms with E-state index in [2.05, 4.69) is 11.0 Å². The first-order valence-corrected chi connectivity index (χ1v) is 9.28. The molecule has 1 amide bonds. The van der Waals surface area contributed by atoms with Crippen LogP contribution in [0.5, 0.6) is 0 Å². The summed E-state index contributed by atoms with van der Waals surface area (Å²) in [5.74, 6) is 1.61. The van der Waals surface area contributed by atoms with E-state index in [1.165, 1.54) is 5.56 Å². The average molecular weight is 349 g/mol. The molecular weight excluding hydrogens is 326 g/mol. The van der Waals surface area contributed by atoms with Gasteiger partial charge in [-0.15, -0.1) is 0 Å². The highest BCUT2D eigenvalue weighted by atomic mass is 16.3. The lowest BCUT2D eigenvalue weighted by Gasteiger charge is -2.22. The molecule has 0 bridgehead atoms. The number of nitriles is 1. The van der Waals surface area contributed by atoms with E-state index in [1.54, 1.807) is 6.26 Å². The number of hydrogen-bond acceptors (Lipinski definition) is 4. The van der Waals surface area contributed by atoms with Crippen molar-refractivity contribution in [3.63, 3.8) is 0 Å². The molecule has 134 valence electrons. The minimum absolute atomic E-state index is 0.103. The van der Waals surface area contributed by atoms with Crippen LogP contribution < -0.4 is 0 Å². The molecule has 1 saturated carbocycles. The normalized spacial score (nSPS) is 23.3. The Kier molecular flexibility index (Phi) is 4.77. The number of carbonyl (C=O) groups excluding carboxylic acids is 1. The van der Waals surface area contributed by atoms with Gasteiger partial charge >= 0.3 is 0 Å². The van der Waals surface area contributed by atoms with Crippen molar-refractivity contribution in [2.45, 2.75) is 25.3 Å². The fraction of sp³-hybridized carbons (Fsp3) is 0.429. The summed E-state index contributed by atoms with van der Waals surface area (Å²) in [7, 11) is 0. The average Bonchev–Trinajstić information content (AvgIpc) is 3.35. The molecule has 2 fully saturated rings. The lowest BCUT2D eigenvalue weighted by Crippen LogP contribution is -2.36. The lowest BCUT2D eigenvalue weighted by molar-refractivity contribution is -0.132. The fourth-order valence-corrected chi connectivity index (χ4v) is 3.81. The first kappa shape index (κ1) is 16.9. The predicted molar refractivity (Wildman–Crippen MR) is 97.2 cm³/mol. The smallest absolute Gasteiger partial charge is 0.226 e. The summed E-state index contributed by atoms with van der Waals surface area (Å²) in [6.07, 6.45) is 3.60. The molecule has 0 radical (unpaired) electrons. The van der Waals surface area contributed by atoms with E-state index in [0.29, 0.717) is 5.56 Å². The molecule has 2 aliphatic rings. The molecule has 2 atom stereocenters. The van der Waals surface area contributed by atoms with Crippen LogP contribution in [-0.2, 0) is 11.3 Å². The van der Waals surface area contributed by atoms with Gasteiger partial charge in [0.05, 0.1) is 17.9 Å². The van der Waals surface area contributed by atoms with Crippen molar-refractivity contribution in [1.82, 2.24) is 9.80 Å². The second kappa shape index (κ2) is 7.35. The second-order valence-electron chi connectivity index (χ2n) is 7.23. The molecule has 0 spiro atoms. The molecule has 0 N–H and O–H groups in total. The third-order valence-corrected chi connectivity index (χ3v) is 5.41. The highest BCUT2D eigenvalue weighted by Gasteiger charge is 2.47. The van der Waals surface area contributed by atoms with Crippen molar-refractivity contribution in [3.05, 3.63) is 59.5 Å². The molecule has 5 nitrogen and oxygen atoms in total. The Morgan fingerprint density at radius 1 is 1.15 bits per heavy atom. The number of benzene rings is 1. The van der Waals surface area contributed by atoms with Crippen molar-refractivity contribution in [2.24, 2.45) is 5.92 Å². The van der Waals surface area contributed by atoms with E-state index in [4.69, 9.17) is 9.68 Å². The van der Waals surface area contributed by atoms with Gasteiger partial charge in [0, 0.05) is 44.6 Å². The maximum atomic E-state index is 12.8. The van der Waals surface area contributed by atoms with Gasteiger partial charge in [0.1, 0.15) is 5.76 Å². The molecule has 0 unspecified atom stereocenters. The Hall–Kier alpha value is -2.58. The van der Waals surface area contributed by atoms with Gasteiger partial charge in [0.25, 0.3) is 0 Å². The standard InChI is InChI=1S/C21H23N3O2/c22-14-16-4-6-17(7-5-16)15-23-8-2-9-24(11-10-23)21(25)19-13-18(19)20-3-1-12-26-20/h1,3-7,12,18-19H,2,8-11,13,15H2/t18-,19-/m1/s1. The van der Waals surface area contributed by atoms with Gasteiger partial charge < -0.3 is 9.32 Å². The van der Waals surface area contributed by atoms with Crippen LogP contribution in [0.2, 0.25) is 0 Å². The van der Waals surface area contributed by atoms with Crippen LogP contribution in [-0.4, -0.2) is 41.9 Å². The van der Waals surface area contributed by atoms with E-state index >= 15 is 0 Å². The molecule has 1 aromatic carbocycles. The van der Waals surface area contributed by atoms with Crippen LogP contribution in [0, 0.1) is 17.2 Å². The largest absolute Gasteiger partial charge is 0.469 e. The fourth-order valence-electron chi connectivity index (χ4n) is 3.81. The molecule has 1 aliphatic heterocycles. The summed E-state index contributed by atoms with van der Waals surface area (Å²) in [5.41, 5.74) is 1.90. The Balaban J connectivity index is 1.30. The van der Waals surface area contributed by atoms with Gasteiger partial charge in [-0.25, -0.2) is 0 Å². The van der Waals surface area contributed by atoms with Crippen molar-refractivity contribution in [2.75, 3.05) is 26.2 Å². The quantitative estimate of drug-likeness (QED) is 0.851. The zero-order valence-corrected chi connectivity index (χ0v) is 14.8. The van der Waals surface area contributed by atoms with Crippen LogP contribution in [0.25, 0.3) is 0 Å². The van der Waals surface area contributed by atoms with Crippen molar-refractivity contribution in [1.29, 1.82) is 5.26 Å². The molecule has 26 heavy (non-hydrogen) atoms. The van der Waals surface area contributed by atoms with Gasteiger partial charge in [0.2, 0.25) is 5.91 Å². The van der Waals surface area contributed by atoms with Crippen LogP contribution in [0.3, 0.4) is 0 Å². The number of furan rings is 1. The highest BCUT2D eigenvalue weighted by molar-refractivity contribution is 5.82. The number of hydrogen-bond donors (Lipinski definition) is 0. The van der Waals surface area contributed by atoms with E-state index in [1.807, 2.05) is 41.3 Å². The molecule has 2 heterocycles. The van der Waals surface area contributed by atoms with Crippen LogP contribution in [0.1, 0.15) is 35.6 Å². The summed E-state index contributed by atoms with van der Waals surface area (Å²) < 4.78 is 5.45. The van der Waals surface area contributed by atoms with Crippen LogP contribution in [0.15, 0.2) is 47.1 Å². The van der Waals surface area contributed by atoms with E-state index in [0.717, 1.165) is 51.3 Å². The molecule has 1 aromatic heterocycles. The summed E-state index contributed by atoms with van der Waals surface area (Å²) >= 11 is 0. The number of carbonyl (C=O) groups is 1. The summed E-state index contributed by atoms with van der Waals surface area (Å²) in [6, 6.07) is 13.8. The van der Waals surface area contributed by atoms with E-state index < -0.39 is 0 Å². The van der Waals surface area contributed by atoms with Crippen molar-refractivity contribution < 1.29 is 9.21 Å². The summed E-state index contributed by atoms with van der Waals surface area (Å²) in [4.78, 5) is 17.2. The molecular formula is C21H23N3O2. The Labute approximate surface area is 153 Å². The minimum Gasteiger partial charge on any atom is -0.469 e. The van der Waals surface area contributed by atoms with Gasteiger partial charge in [-0.1, -0.05) is 12.1 Å². The van der Waals surface area contributed by atoms with Crippen LogP contribution >= 0.6 is 0 Å². The number of rotatable bonds is 4. The van der Waals surface area contributed by atoms with Gasteiger partial charge in [-0.2, -0.15) is 5.26 Å². The first-order valence-electron chi connectivity index (χ1n) is 9.28. The zero-order chi connectivity index (χ0) is 17.9. The lowest BCUT2D eigenvalue weighted by atomic mass is 10.1. The summed E-state index contributed by atoms with van der Waals surface area (Å²) in [5, 5.41) is 8.89. The Bertz CT molecular complexity index is 792. The van der Waals surface area contributed by atoms with E-state index in [-0.39, 0.29) is 17.7 Å². The predicted octanol–water partition coefficient (Wildman–Crippen LogP) is 2.99. The maximum absolute atomic E-state index is 12.8. The highest BCUT2D eigenvalue weighted by Crippen LogP contribution is 2.48. The third-order valence-electron chi connectivity index (χ3n) is 5.41. The summed E-state index contributed by atoms with van der Waals surface area (Å²) in [6.45, 7) is 4.38. The van der Waals surface area contributed by atoms with Gasteiger partial charge in [-0.3, -0.25) is 9.69 Å². The third kappa shape index (κ3) is 3.66. The van der Waals surface area contributed by atoms with Gasteiger partial charge in [0.15, 0.2) is 0 Å². The van der Waals surface area contributed by atoms with Crippen LogP contribution in [0.4, 0.5) is 0 Å². The minimum atomic E-state index is 0.103. The molecule has 2 aromatic rings. The SMILES string of the molecule is N#Cc1ccc(CN2CCCN(C(=O)[C@@H]3C[C@H]3c3ccco3)CC2)cc1. The Morgan fingerprint density at radius 3 is 2.73 bits per heavy atom. The zero-order valence-electron chi connectivity index (χ0n) is 14.8. The second-order valence-corrected chi connectivity index (χ2v) is 7.23. The molecule has 5 heteroatoms. The molecule has 1 saturated heterocycles. The first-order chi connectivity index (χ1) is 12.7. The number of nitrogens with zero attached hydrogens (tertiary/aromatic N) is 3. The number of amides is 1.